The number of nitrogens with zero attached hydrogens (tertiary/aromatic N) is 2. The number of aromatic nitrogens is 2. The molecule has 0 aliphatic heterocycles. The van der Waals surface area contributed by atoms with Crippen molar-refractivity contribution < 1.29 is 0 Å². The van der Waals surface area contributed by atoms with Crippen molar-refractivity contribution in [2.24, 2.45) is 0 Å². The lowest BCUT2D eigenvalue weighted by Gasteiger charge is -1.87. The van der Waals surface area contributed by atoms with Gasteiger partial charge in [-0.15, -0.1) is 11.3 Å². The number of rotatable bonds is 0. The molecule has 0 atom stereocenters. The monoisotopic (exact) mass is 164 g/mol. The predicted molar refractivity (Wildman–Crippen MR) is 46.9 cm³/mol. The summed E-state index contributed by atoms with van der Waals surface area (Å²) in [6.45, 7) is 4.01. The van der Waals surface area contributed by atoms with Gasteiger partial charge in [0.25, 0.3) is 0 Å². The third-order valence-electron chi connectivity index (χ3n) is 1.52. The van der Waals surface area contributed by atoms with Gasteiger partial charge in [-0.3, -0.25) is 4.98 Å². The van der Waals surface area contributed by atoms with Crippen molar-refractivity contribution in [3.63, 3.8) is 0 Å². The van der Waals surface area contributed by atoms with Crippen LogP contribution in [0.3, 0.4) is 0 Å². The Morgan fingerprint density at radius 3 is 3.00 bits per heavy atom. The van der Waals surface area contributed by atoms with Crippen LogP contribution < -0.4 is 0 Å². The maximum Gasteiger partial charge on any atom is 0.0998 e. The highest BCUT2D eigenvalue weighted by atomic mass is 32.1. The average molecular weight is 164 g/mol. The molecular formula is C8H8N2S. The summed E-state index contributed by atoms with van der Waals surface area (Å²) < 4.78 is 1.23. The number of aryl methyl sites for hydroxylation is 2. The van der Waals surface area contributed by atoms with E-state index in [1.807, 2.05) is 20.0 Å². The summed E-state index contributed by atoms with van der Waals surface area (Å²) in [5.41, 5.74) is 2.07. The van der Waals surface area contributed by atoms with E-state index in [1.54, 1.807) is 11.3 Å². The first-order valence-electron chi connectivity index (χ1n) is 3.45. The van der Waals surface area contributed by atoms with E-state index >= 15 is 0 Å². The van der Waals surface area contributed by atoms with Gasteiger partial charge >= 0.3 is 0 Å². The van der Waals surface area contributed by atoms with Crippen LogP contribution in [0, 0.1) is 13.8 Å². The van der Waals surface area contributed by atoms with Crippen LogP contribution in [0.5, 0.6) is 0 Å². The fraction of sp³-hybridized carbons (Fsp3) is 0.250. The molecule has 0 spiro atoms. The highest BCUT2D eigenvalue weighted by Gasteiger charge is 1.99. The third kappa shape index (κ3) is 1.12. The normalized spacial score (nSPS) is 10.7. The number of hydrogen-bond acceptors (Lipinski definition) is 3. The highest BCUT2D eigenvalue weighted by molar-refractivity contribution is 7.18. The van der Waals surface area contributed by atoms with E-state index in [0.29, 0.717) is 0 Å². The molecule has 11 heavy (non-hydrogen) atoms. The first-order chi connectivity index (χ1) is 5.25. The number of fused-ring (bicyclic) bond motifs is 1. The van der Waals surface area contributed by atoms with E-state index < -0.39 is 0 Å². The maximum atomic E-state index is 4.31. The minimum atomic E-state index is 1.01. The molecule has 3 heteroatoms. The zero-order valence-electron chi connectivity index (χ0n) is 6.46. The molecule has 0 unspecified atom stereocenters. The van der Waals surface area contributed by atoms with Gasteiger partial charge in [-0.1, -0.05) is 0 Å². The molecule has 2 nitrogen and oxygen atoms in total. The van der Waals surface area contributed by atoms with E-state index in [9.17, 15) is 0 Å². The van der Waals surface area contributed by atoms with E-state index in [4.69, 9.17) is 0 Å². The van der Waals surface area contributed by atoms with Crippen molar-refractivity contribution in [3.05, 3.63) is 23.0 Å². The van der Waals surface area contributed by atoms with Gasteiger partial charge in [0.05, 0.1) is 21.4 Å². The van der Waals surface area contributed by atoms with Crippen molar-refractivity contribution in [1.82, 2.24) is 9.97 Å². The summed E-state index contributed by atoms with van der Waals surface area (Å²) in [6.07, 6.45) is 1.83. The molecule has 0 saturated carbocycles. The molecule has 0 amide bonds. The Morgan fingerprint density at radius 2 is 2.18 bits per heavy atom. The van der Waals surface area contributed by atoms with Gasteiger partial charge in [0, 0.05) is 5.69 Å². The van der Waals surface area contributed by atoms with E-state index in [-0.39, 0.29) is 0 Å². The Kier molecular flexibility index (Phi) is 1.39. The summed E-state index contributed by atoms with van der Waals surface area (Å²) in [6, 6.07) is 2.07. The summed E-state index contributed by atoms with van der Waals surface area (Å²) in [7, 11) is 0. The topological polar surface area (TPSA) is 25.8 Å². The van der Waals surface area contributed by atoms with Crippen molar-refractivity contribution in [3.8, 4) is 0 Å². The molecule has 2 rings (SSSR count). The van der Waals surface area contributed by atoms with E-state index in [1.165, 1.54) is 4.70 Å². The molecule has 0 aromatic carbocycles. The van der Waals surface area contributed by atoms with Crippen LogP contribution in [-0.2, 0) is 0 Å². The lowest BCUT2D eigenvalue weighted by molar-refractivity contribution is 1.21. The molecule has 0 radical (unpaired) electrons. The van der Waals surface area contributed by atoms with Crippen molar-refractivity contribution in [1.29, 1.82) is 0 Å². The maximum absolute atomic E-state index is 4.31. The quantitative estimate of drug-likeness (QED) is 0.597. The number of pyridine rings is 1. The second kappa shape index (κ2) is 2.27. The van der Waals surface area contributed by atoms with E-state index in [2.05, 4.69) is 16.0 Å². The van der Waals surface area contributed by atoms with Crippen LogP contribution in [0.1, 0.15) is 10.7 Å². The van der Waals surface area contributed by atoms with Crippen molar-refractivity contribution in [2.45, 2.75) is 13.8 Å². The van der Waals surface area contributed by atoms with Crippen LogP contribution in [0.15, 0.2) is 12.3 Å². The smallest absolute Gasteiger partial charge is 0.0998 e. The Hall–Kier alpha value is -0.960. The molecule has 0 N–H and O–H groups in total. The Balaban J connectivity index is 2.82. The Labute approximate surface area is 68.9 Å². The number of hydrogen-bond donors (Lipinski definition) is 0. The molecule has 0 saturated heterocycles. The molecule has 0 bridgehead atoms. The van der Waals surface area contributed by atoms with Crippen LogP contribution in [-0.4, -0.2) is 9.97 Å². The van der Waals surface area contributed by atoms with Crippen molar-refractivity contribution >= 4 is 21.6 Å². The highest BCUT2D eigenvalue weighted by Crippen LogP contribution is 2.20. The van der Waals surface area contributed by atoms with Gasteiger partial charge in [-0.2, -0.15) is 0 Å². The Morgan fingerprint density at radius 1 is 1.36 bits per heavy atom. The second-order valence-corrected chi connectivity index (χ2v) is 3.76. The first-order valence-corrected chi connectivity index (χ1v) is 4.27. The van der Waals surface area contributed by atoms with Crippen LogP contribution in [0.2, 0.25) is 0 Å². The fourth-order valence-electron chi connectivity index (χ4n) is 1.04. The van der Waals surface area contributed by atoms with Gasteiger partial charge in [-0.05, 0) is 19.9 Å². The lowest BCUT2D eigenvalue weighted by atomic mass is 10.4. The van der Waals surface area contributed by atoms with E-state index in [0.717, 1.165) is 16.2 Å². The summed E-state index contributed by atoms with van der Waals surface area (Å²) in [4.78, 5) is 8.48. The molecule has 2 aromatic rings. The van der Waals surface area contributed by atoms with Crippen molar-refractivity contribution in [2.75, 3.05) is 0 Å². The molecule has 2 heterocycles. The van der Waals surface area contributed by atoms with Gasteiger partial charge in [0.15, 0.2) is 0 Å². The molecular weight excluding hydrogens is 156 g/mol. The zero-order valence-corrected chi connectivity index (χ0v) is 7.27. The largest absolute Gasteiger partial charge is 0.259 e. The van der Waals surface area contributed by atoms with Crippen LogP contribution >= 0.6 is 11.3 Å². The van der Waals surface area contributed by atoms with Gasteiger partial charge in [0.2, 0.25) is 0 Å². The first kappa shape index (κ1) is 6.73. The molecule has 2 aromatic heterocycles. The van der Waals surface area contributed by atoms with Crippen LogP contribution in [0.25, 0.3) is 10.2 Å². The molecule has 56 valence electrons. The summed E-state index contributed by atoms with van der Waals surface area (Å²) in [5, 5.41) is 1.10. The summed E-state index contributed by atoms with van der Waals surface area (Å²) >= 11 is 1.72. The zero-order chi connectivity index (χ0) is 7.84. The Bertz CT molecular complexity index is 392. The molecule has 0 aliphatic carbocycles. The minimum Gasteiger partial charge on any atom is -0.259 e. The SMILES string of the molecule is Cc1cc2sc(C)nc2cn1. The van der Waals surface area contributed by atoms with Gasteiger partial charge < -0.3 is 0 Å². The minimum absolute atomic E-state index is 1.01. The van der Waals surface area contributed by atoms with Crippen LogP contribution in [0.4, 0.5) is 0 Å². The standard InChI is InChI=1S/C8H8N2S/c1-5-3-8-7(4-9-5)10-6(2)11-8/h3-4H,1-2H3. The predicted octanol–water partition coefficient (Wildman–Crippen LogP) is 2.31. The average Bonchev–Trinajstić information content (AvgIpc) is 2.27. The summed E-state index contributed by atoms with van der Waals surface area (Å²) in [5.74, 6) is 0. The van der Waals surface area contributed by atoms with Gasteiger partial charge in [-0.25, -0.2) is 4.98 Å². The number of thiazole rings is 1. The lowest BCUT2D eigenvalue weighted by Crippen LogP contribution is -1.77. The fourth-order valence-corrected chi connectivity index (χ4v) is 1.94. The molecule has 0 fully saturated rings. The third-order valence-corrected chi connectivity index (χ3v) is 2.45. The van der Waals surface area contributed by atoms with Gasteiger partial charge in [0.1, 0.15) is 0 Å². The second-order valence-electron chi connectivity index (χ2n) is 2.53. The molecule has 0 aliphatic rings.